The number of carbonyl (C=O) groups is 2. The van der Waals surface area contributed by atoms with E-state index in [0.29, 0.717) is 50.8 Å². The fraction of sp³-hybridized carbons (Fsp3) is 0.417. The van der Waals surface area contributed by atoms with Gasteiger partial charge in [-0.3, -0.25) is 14.8 Å². The number of nitrogens with zero attached hydrogens (tertiary/aromatic N) is 5. The number of ether oxygens (including phenoxy) is 2. The Kier molecular flexibility index (Phi) is 9.63. The van der Waals surface area contributed by atoms with E-state index < -0.39 is 5.60 Å². The Balaban J connectivity index is 1.17. The molecule has 46 heavy (non-hydrogen) atoms. The first-order chi connectivity index (χ1) is 22.1. The van der Waals surface area contributed by atoms with Crippen molar-refractivity contribution >= 4 is 35.4 Å². The van der Waals surface area contributed by atoms with Crippen LogP contribution in [0.2, 0.25) is 5.02 Å². The van der Waals surface area contributed by atoms with E-state index in [1.54, 1.807) is 9.80 Å². The van der Waals surface area contributed by atoms with E-state index >= 15 is 0 Å². The Morgan fingerprint density at radius 2 is 1.57 bits per heavy atom. The zero-order chi connectivity index (χ0) is 32.3. The smallest absolute Gasteiger partial charge is 0.410 e. The molecule has 0 N–H and O–H groups in total. The Labute approximate surface area is 276 Å². The van der Waals surface area contributed by atoms with Crippen molar-refractivity contribution in [3.63, 3.8) is 0 Å². The van der Waals surface area contributed by atoms with Gasteiger partial charge in [0.25, 0.3) is 0 Å². The highest BCUT2D eigenvalue weighted by atomic mass is 35.5. The molecule has 0 bridgehead atoms. The van der Waals surface area contributed by atoms with E-state index in [0.717, 1.165) is 41.0 Å². The summed E-state index contributed by atoms with van der Waals surface area (Å²) in [5, 5.41) is 0.683. The van der Waals surface area contributed by atoms with E-state index in [2.05, 4.69) is 34.1 Å². The van der Waals surface area contributed by atoms with Gasteiger partial charge in [0.15, 0.2) is 0 Å². The molecule has 242 valence electrons. The normalized spacial score (nSPS) is 19.0. The summed E-state index contributed by atoms with van der Waals surface area (Å²) in [6.07, 6.45) is 3.55. The van der Waals surface area contributed by atoms with Crippen molar-refractivity contribution in [2.45, 2.75) is 39.0 Å². The van der Waals surface area contributed by atoms with Gasteiger partial charge in [-0.2, -0.15) is 0 Å². The molecule has 2 aromatic carbocycles. The van der Waals surface area contributed by atoms with Crippen LogP contribution in [0.3, 0.4) is 0 Å². The van der Waals surface area contributed by atoms with Gasteiger partial charge in [-0.1, -0.05) is 54.1 Å². The molecule has 3 aromatic rings. The summed E-state index contributed by atoms with van der Waals surface area (Å²) in [5.41, 5.74) is 5.95. The predicted molar refractivity (Wildman–Crippen MR) is 179 cm³/mol. The van der Waals surface area contributed by atoms with Crippen molar-refractivity contribution < 1.29 is 19.1 Å². The monoisotopic (exact) mass is 643 g/mol. The summed E-state index contributed by atoms with van der Waals surface area (Å²) in [4.78, 5) is 38.9. The topological polar surface area (TPSA) is 78.5 Å². The van der Waals surface area contributed by atoms with Gasteiger partial charge in [-0.25, -0.2) is 9.59 Å². The molecule has 1 aliphatic carbocycles. The standard InChI is InChI=1S/C36H42ClN5O4/c1-36(2,3)46-35(44)42-20-18-40(19-21-42)33-30-12-11-29(37)23-31(30)28(22-27-10-7-13-38-32(27)33)24-39-14-16-41(17-15-39)34(43)45-25-26-8-5-4-6-9-26/h4-13,22-23,33H,14-21,24-25H2,1-3H3. The summed E-state index contributed by atoms with van der Waals surface area (Å²) >= 11 is 6.63. The van der Waals surface area contributed by atoms with Gasteiger partial charge in [0.2, 0.25) is 0 Å². The third-order valence-electron chi connectivity index (χ3n) is 8.68. The second-order valence-electron chi connectivity index (χ2n) is 13.1. The van der Waals surface area contributed by atoms with Crippen molar-refractivity contribution in [1.82, 2.24) is 24.6 Å². The molecule has 6 rings (SSSR count). The molecule has 0 spiro atoms. The summed E-state index contributed by atoms with van der Waals surface area (Å²) in [7, 11) is 0. The van der Waals surface area contributed by atoms with Crippen molar-refractivity contribution in [3.8, 4) is 0 Å². The molecule has 1 aromatic heterocycles. The number of rotatable bonds is 5. The summed E-state index contributed by atoms with van der Waals surface area (Å²) in [6.45, 7) is 11.9. The number of piperazine rings is 2. The van der Waals surface area contributed by atoms with Crippen molar-refractivity contribution in [3.05, 3.63) is 99.8 Å². The molecule has 10 heteroatoms. The van der Waals surface area contributed by atoms with Gasteiger partial charge in [-0.15, -0.1) is 0 Å². The van der Waals surface area contributed by atoms with Crippen LogP contribution in [-0.2, 0) is 16.1 Å². The van der Waals surface area contributed by atoms with Crippen molar-refractivity contribution in [1.29, 1.82) is 0 Å². The first-order valence-corrected chi connectivity index (χ1v) is 16.4. The zero-order valence-electron chi connectivity index (χ0n) is 26.8. The van der Waals surface area contributed by atoms with Crippen LogP contribution in [0.1, 0.15) is 54.8 Å². The number of fused-ring (bicyclic) bond motifs is 2. The van der Waals surface area contributed by atoms with Gasteiger partial charge >= 0.3 is 12.2 Å². The molecule has 0 radical (unpaired) electrons. The average Bonchev–Trinajstić information content (AvgIpc) is 3.18. The average molecular weight is 644 g/mol. The molecule has 2 fully saturated rings. The van der Waals surface area contributed by atoms with E-state index in [4.69, 9.17) is 26.1 Å². The van der Waals surface area contributed by atoms with Crippen LogP contribution in [-0.4, -0.2) is 101 Å². The minimum Gasteiger partial charge on any atom is -0.445 e. The van der Waals surface area contributed by atoms with Crippen LogP contribution in [0, 0.1) is 0 Å². The fourth-order valence-corrected chi connectivity index (χ4v) is 6.54. The number of halogens is 1. The first kappa shape index (κ1) is 32.0. The first-order valence-electron chi connectivity index (χ1n) is 16.0. The van der Waals surface area contributed by atoms with Crippen LogP contribution < -0.4 is 0 Å². The molecule has 1 unspecified atom stereocenters. The van der Waals surface area contributed by atoms with Gasteiger partial charge in [0.05, 0.1) is 11.7 Å². The van der Waals surface area contributed by atoms with Crippen LogP contribution >= 0.6 is 11.6 Å². The van der Waals surface area contributed by atoms with Gasteiger partial charge < -0.3 is 19.3 Å². The lowest BCUT2D eigenvalue weighted by atomic mass is 9.93. The van der Waals surface area contributed by atoms with Crippen LogP contribution in [0.5, 0.6) is 0 Å². The molecule has 2 saturated heterocycles. The van der Waals surface area contributed by atoms with Crippen molar-refractivity contribution in [2.75, 3.05) is 58.9 Å². The molecule has 3 aliphatic rings. The molecular formula is C36H42ClN5O4. The quantitative estimate of drug-likeness (QED) is 0.328. The highest BCUT2D eigenvalue weighted by molar-refractivity contribution is 6.30. The van der Waals surface area contributed by atoms with Crippen LogP contribution in [0.25, 0.3) is 11.6 Å². The number of aromatic nitrogens is 1. The maximum Gasteiger partial charge on any atom is 0.410 e. The minimum atomic E-state index is -0.531. The number of hydrogen-bond donors (Lipinski definition) is 0. The molecule has 0 saturated carbocycles. The SMILES string of the molecule is CC(C)(C)OC(=O)N1CCN(C2c3ccc(Cl)cc3C(CN3CCN(C(=O)OCc4ccccc4)CC3)=Cc3cccnc32)CC1. The van der Waals surface area contributed by atoms with Crippen LogP contribution in [0.15, 0.2) is 66.9 Å². The predicted octanol–water partition coefficient (Wildman–Crippen LogP) is 6.19. The molecule has 3 heterocycles. The highest BCUT2D eigenvalue weighted by Crippen LogP contribution is 2.40. The van der Waals surface area contributed by atoms with Crippen molar-refractivity contribution in [2.24, 2.45) is 0 Å². The number of amides is 2. The lowest BCUT2D eigenvalue weighted by Crippen LogP contribution is -2.51. The molecular weight excluding hydrogens is 602 g/mol. The lowest BCUT2D eigenvalue weighted by molar-refractivity contribution is 0.0118. The third-order valence-corrected chi connectivity index (χ3v) is 8.91. The number of carbonyl (C=O) groups excluding carboxylic acids is 2. The van der Waals surface area contributed by atoms with E-state index in [9.17, 15) is 9.59 Å². The van der Waals surface area contributed by atoms with Crippen LogP contribution in [0.4, 0.5) is 9.59 Å². The summed E-state index contributed by atoms with van der Waals surface area (Å²) < 4.78 is 11.2. The number of hydrogen-bond acceptors (Lipinski definition) is 7. The second kappa shape index (κ2) is 13.8. The minimum absolute atomic E-state index is 0.0887. The fourth-order valence-electron chi connectivity index (χ4n) is 6.37. The van der Waals surface area contributed by atoms with E-state index in [1.165, 1.54) is 5.57 Å². The number of pyridine rings is 1. The maximum atomic E-state index is 12.8. The number of benzene rings is 2. The van der Waals surface area contributed by atoms with E-state index in [1.807, 2.05) is 69.4 Å². The lowest BCUT2D eigenvalue weighted by Gasteiger charge is -2.40. The molecule has 1 atom stereocenters. The Hall–Kier alpha value is -3.92. The largest absolute Gasteiger partial charge is 0.445 e. The molecule has 2 aliphatic heterocycles. The Morgan fingerprint density at radius 3 is 2.28 bits per heavy atom. The highest BCUT2D eigenvalue weighted by Gasteiger charge is 2.35. The zero-order valence-corrected chi connectivity index (χ0v) is 27.6. The molecule has 9 nitrogen and oxygen atoms in total. The summed E-state index contributed by atoms with van der Waals surface area (Å²) in [6, 6.07) is 19.9. The maximum absolute atomic E-state index is 12.8. The Morgan fingerprint density at radius 1 is 0.870 bits per heavy atom. The Bertz CT molecular complexity index is 1570. The summed E-state index contributed by atoms with van der Waals surface area (Å²) in [5.74, 6) is 0. The second-order valence-corrected chi connectivity index (χ2v) is 13.5. The molecule has 2 amide bonds. The van der Waals surface area contributed by atoms with Gasteiger partial charge in [0, 0.05) is 70.1 Å². The van der Waals surface area contributed by atoms with E-state index in [-0.39, 0.29) is 24.8 Å². The van der Waals surface area contributed by atoms with Gasteiger partial charge in [-0.05, 0) is 72.9 Å². The third kappa shape index (κ3) is 7.54. The van der Waals surface area contributed by atoms with Gasteiger partial charge in [0.1, 0.15) is 12.2 Å².